The maximum Gasteiger partial charge on any atom is 0.310 e. The van der Waals surface area contributed by atoms with Crippen LogP contribution in [0.4, 0.5) is 0 Å². The van der Waals surface area contributed by atoms with E-state index in [0.29, 0.717) is 11.7 Å². The van der Waals surface area contributed by atoms with E-state index < -0.39 is 11.4 Å². The van der Waals surface area contributed by atoms with Gasteiger partial charge in [0.2, 0.25) is 0 Å². The standard InChI is InChI=1S/C10H18O2S/c1-10(7-13,9(11)12)8-5-3-2-4-6-8/h8,13H,2-7H2,1H3,(H,11,12). The summed E-state index contributed by atoms with van der Waals surface area (Å²) < 4.78 is 0. The molecule has 3 heteroatoms. The second kappa shape index (κ2) is 4.36. The minimum Gasteiger partial charge on any atom is -0.481 e. The molecule has 0 radical (unpaired) electrons. The molecule has 1 unspecified atom stereocenters. The average molecular weight is 202 g/mol. The molecule has 1 atom stereocenters. The quantitative estimate of drug-likeness (QED) is 0.690. The van der Waals surface area contributed by atoms with Crippen molar-refractivity contribution >= 4 is 18.6 Å². The van der Waals surface area contributed by atoms with Crippen LogP contribution in [-0.4, -0.2) is 16.8 Å². The Morgan fingerprint density at radius 3 is 2.38 bits per heavy atom. The van der Waals surface area contributed by atoms with Crippen LogP contribution in [0.3, 0.4) is 0 Å². The molecule has 0 spiro atoms. The highest BCUT2D eigenvalue weighted by atomic mass is 32.1. The molecule has 1 fully saturated rings. The Morgan fingerprint density at radius 2 is 2.00 bits per heavy atom. The molecule has 0 aliphatic heterocycles. The Kier molecular flexibility index (Phi) is 3.65. The number of hydrogen-bond donors (Lipinski definition) is 2. The van der Waals surface area contributed by atoms with E-state index in [4.69, 9.17) is 5.11 Å². The van der Waals surface area contributed by atoms with E-state index in [-0.39, 0.29) is 0 Å². The van der Waals surface area contributed by atoms with Crippen LogP contribution in [0.15, 0.2) is 0 Å². The first-order chi connectivity index (χ1) is 6.11. The lowest BCUT2D eigenvalue weighted by Crippen LogP contribution is -2.38. The Bertz CT molecular complexity index is 187. The van der Waals surface area contributed by atoms with Gasteiger partial charge in [0.1, 0.15) is 0 Å². The van der Waals surface area contributed by atoms with Crippen LogP contribution in [0.25, 0.3) is 0 Å². The van der Waals surface area contributed by atoms with Crippen molar-refractivity contribution < 1.29 is 9.90 Å². The van der Waals surface area contributed by atoms with Crippen LogP contribution in [0.2, 0.25) is 0 Å². The molecule has 76 valence electrons. The van der Waals surface area contributed by atoms with Crippen molar-refractivity contribution in [2.24, 2.45) is 11.3 Å². The number of carbonyl (C=O) groups is 1. The third-order valence-corrected chi connectivity index (χ3v) is 3.98. The summed E-state index contributed by atoms with van der Waals surface area (Å²) in [6.45, 7) is 1.83. The lowest BCUT2D eigenvalue weighted by molar-refractivity contribution is -0.150. The first kappa shape index (κ1) is 10.9. The summed E-state index contributed by atoms with van der Waals surface area (Å²) in [6.07, 6.45) is 5.74. The summed E-state index contributed by atoms with van der Waals surface area (Å²) >= 11 is 4.17. The summed E-state index contributed by atoms with van der Waals surface area (Å²) in [5, 5.41) is 9.14. The maximum atomic E-state index is 11.1. The number of rotatable bonds is 3. The molecule has 13 heavy (non-hydrogen) atoms. The molecule has 2 nitrogen and oxygen atoms in total. The highest BCUT2D eigenvalue weighted by Crippen LogP contribution is 2.39. The SMILES string of the molecule is CC(CS)(C(=O)O)C1CCCCC1. The second-order valence-electron chi connectivity index (χ2n) is 4.22. The van der Waals surface area contributed by atoms with Gasteiger partial charge in [-0.05, 0) is 25.7 Å². The van der Waals surface area contributed by atoms with E-state index in [2.05, 4.69) is 12.6 Å². The third-order valence-electron chi connectivity index (χ3n) is 3.32. The van der Waals surface area contributed by atoms with Crippen LogP contribution in [-0.2, 0) is 4.79 Å². The minimum absolute atomic E-state index is 0.330. The fourth-order valence-corrected chi connectivity index (χ4v) is 2.50. The van der Waals surface area contributed by atoms with E-state index in [1.54, 1.807) is 0 Å². The summed E-state index contributed by atoms with van der Waals surface area (Å²) in [4.78, 5) is 11.1. The number of hydrogen-bond acceptors (Lipinski definition) is 2. The monoisotopic (exact) mass is 202 g/mol. The Labute approximate surface area is 85.1 Å². The summed E-state index contributed by atoms with van der Waals surface area (Å²) in [7, 11) is 0. The van der Waals surface area contributed by atoms with Gasteiger partial charge in [0.15, 0.2) is 0 Å². The molecular weight excluding hydrogens is 184 g/mol. The molecule has 1 aliphatic carbocycles. The van der Waals surface area contributed by atoms with Crippen LogP contribution in [0.1, 0.15) is 39.0 Å². The zero-order valence-electron chi connectivity index (χ0n) is 8.12. The molecule has 0 amide bonds. The summed E-state index contributed by atoms with van der Waals surface area (Å²) in [5.74, 6) is 0.0955. The normalized spacial score (nSPS) is 23.8. The molecule has 0 heterocycles. The first-order valence-corrected chi connectivity index (χ1v) is 5.59. The molecule has 1 saturated carbocycles. The van der Waals surface area contributed by atoms with Crippen molar-refractivity contribution in [1.82, 2.24) is 0 Å². The van der Waals surface area contributed by atoms with Gasteiger partial charge in [-0.2, -0.15) is 12.6 Å². The topological polar surface area (TPSA) is 37.3 Å². The highest BCUT2D eigenvalue weighted by Gasteiger charge is 2.40. The first-order valence-electron chi connectivity index (χ1n) is 4.95. The Morgan fingerprint density at radius 1 is 1.46 bits per heavy atom. The van der Waals surface area contributed by atoms with Gasteiger partial charge in [-0.15, -0.1) is 0 Å². The molecule has 0 aromatic rings. The van der Waals surface area contributed by atoms with Crippen molar-refractivity contribution in [2.75, 3.05) is 5.75 Å². The van der Waals surface area contributed by atoms with E-state index >= 15 is 0 Å². The van der Waals surface area contributed by atoms with Gasteiger partial charge in [0.05, 0.1) is 5.41 Å². The van der Waals surface area contributed by atoms with Gasteiger partial charge in [-0.3, -0.25) is 4.79 Å². The predicted octanol–water partition coefficient (Wildman–Crippen LogP) is 2.59. The van der Waals surface area contributed by atoms with Gasteiger partial charge in [0.25, 0.3) is 0 Å². The number of thiol groups is 1. The van der Waals surface area contributed by atoms with Crippen molar-refractivity contribution in [1.29, 1.82) is 0 Å². The fraction of sp³-hybridized carbons (Fsp3) is 0.900. The van der Waals surface area contributed by atoms with Gasteiger partial charge in [0, 0.05) is 5.75 Å². The lowest BCUT2D eigenvalue weighted by atomic mass is 9.71. The Hall–Kier alpha value is -0.180. The molecule has 1 N–H and O–H groups in total. The molecule has 0 aromatic carbocycles. The third kappa shape index (κ3) is 2.19. The van der Waals surface area contributed by atoms with Crippen molar-refractivity contribution in [3.05, 3.63) is 0 Å². The smallest absolute Gasteiger partial charge is 0.310 e. The van der Waals surface area contributed by atoms with Crippen molar-refractivity contribution in [2.45, 2.75) is 39.0 Å². The van der Waals surface area contributed by atoms with Crippen LogP contribution < -0.4 is 0 Å². The fourth-order valence-electron chi connectivity index (χ4n) is 2.11. The van der Waals surface area contributed by atoms with E-state index in [1.807, 2.05) is 6.92 Å². The van der Waals surface area contributed by atoms with E-state index in [0.717, 1.165) is 12.8 Å². The Balaban J connectivity index is 2.68. The molecule has 1 aliphatic rings. The van der Waals surface area contributed by atoms with Gasteiger partial charge < -0.3 is 5.11 Å². The van der Waals surface area contributed by atoms with Gasteiger partial charge in [-0.25, -0.2) is 0 Å². The van der Waals surface area contributed by atoms with Crippen molar-refractivity contribution in [3.8, 4) is 0 Å². The van der Waals surface area contributed by atoms with E-state index in [9.17, 15) is 4.79 Å². The van der Waals surface area contributed by atoms with E-state index in [1.165, 1.54) is 19.3 Å². The molecule has 0 aromatic heterocycles. The number of aliphatic carboxylic acids is 1. The predicted molar refractivity (Wildman–Crippen MR) is 56.2 cm³/mol. The maximum absolute atomic E-state index is 11.1. The summed E-state index contributed by atoms with van der Waals surface area (Å²) in [5.41, 5.74) is -0.608. The molecular formula is C10H18O2S. The highest BCUT2D eigenvalue weighted by molar-refractivity contribution is 7.80. The van der Waals surface area contributed by atoms with Crippen LogP contribution in [0, 0.1) is 11.3 Å². The average Bonchev–Trinajstić information content (AvgIpc) is 2.17. The molecule has 0 bridgehead atoms. The minimum atomic E-state index is -0.686. The van der Waals surface area contributed by atoms with Gasteiger partial charge in [-0.1, -0.05) is 19.3 Å². The zero-order chi connectivity index (χ0) is 9.90. The lowest BCUT2D eigenvalue weighted by Gasteiger charge is -2.35. The van der Waals surface area contributed by atoms with Gasteiger partial charge >= 0.3 is 5.97 Å². The summed E-state index contributed by atoms with van der Waals surface area (Å²) in [6, 6.07) is 0. The number of carboxylic acid groups (broad SMARTS) is 1. The second-order valence-corrected chi connectivity index (χ2v) is 4.53. The van der Waals surface area contributed by atoms with Crippen molar-refractivity contribution in [3.63, 3.8) is 0 Å². The largest absolute Gasteiger partial charge is 0.481 e. The van der Waals surface area contributed by atoms with Crippen LogP contribution in [0.5, 0.6) is 0 Å². The number of carboxylic acids is 1. The van der Waals surface area contributed by atoms with Crippen LogP contribution >= 0.6 is 12.6 Å². The molecule has 0 saturated heterocycles. The zero-order valence-corrected chi connectivity index (χ0v) is 9.02. The molecule has 1 rings (SSSR count).